The van der Waals surface area contributed by atoms with Gasteiger partial charge in [-0.25, -0.2) is 8.78 Å². The molecular weight excluding hydrogens is 212 g/mol. The molecule has 0 heterocycles. The molecule has 0 spiro atoms. The molecule has 1 unspecified atom stereocenters. The summed E-state index contributed by atoms with van der Waals surface area (Å²) >= 11 is 0. The fourth-order valence-electron chi connectivity index (χ4n) is 1.38. The minimum atomic E-state index is -2.38. The van der Waals surface area contributed by atoms with Gasteiger partial charge in [0.2, 0.25) is 0 Å². The number of hydrogen-bond donors (Lipinski definition) is 1. The quantitative estimate of drug-likeness (QED) is 0.726. The van der Waals surface area contributed by atoms with E-state index >= 15 is 0 Å². The molecule has 0 aliphatic heterocycles. The third-order valence-electron chi connectivity index (χ3n) is 2.24. The summed E-state index contributed by atoms with van der Waals surface area (Å²) in [6, 6.07) is 10.2. The molecule has 2 nitrogen and oxygen atoms in total. The molecule has 1 rings (SSSR count). The molecule has 0 saturated carbocycles. The van der Waals surface area contributed by atoms with Crippen LogP contribution in [0.5, 0.6) is 0 Å². The summed E-state index contributed by atoms with van der Waals surface area (Å²) in [5.74, 6) is 0. The molecule has 90 valence electrons. The molecule has 0 radical (unpaired) electrons. The number of nitrogens with one attached hydrogen (secondary N) is 1. The Morgan fingerprint density at radius 1 is 1.25 bits per heavy atom. The van der Waals surface area contributed by atoms with Crippen LogP contribution in [0.25, 0.3) is 0 Å². The Balaban J connectivity index is 2.14. The summed E-state index contributed by atoms with van der Waals surface area (Å²) in [6.07, 6.45) is -2.38. The molecular formula is C12H17F2NO. The highest BCUT2D eigenvalue weighted by Crippen LogP contribution is 2.10. The monoisotopic (exact) mass is 229 g/mol. The molecule has 1 aromatic rings. The molecule has 1 N–H and O–H groups in total. The first-order valence-corrected chi connectivity index (χ1v) is 5.34. The molecule has 0 saturated heterocycles. The second-order valence-corrected chi connectivity index (χ2v) is 3.55. The molecule has 1 atom stereocenters. The molecule has 0 aliphatic rings. The van der Waals surface area contributed by atoms with Crippen LogP contribution >= 0.6 is 0 Å². The summed E-state index contributed by atoms with van der Waals surface area (Å²) in [6.45, 7) is 2.42. The maximum Gasteiger partial charge on any atom is 0.261 e. The van der Waals surface area contributed by atoms with Crippen molar-refractivity contribution in [1.29, 1.82) is 0 Å². The molecule has 16 heavy (non-hydrogen) atoms. The van der Waals surface area contributed by atoms with Crippen molar-refractivity contribution in [2.45, 2.75) is 19.4 Å². The van der Waals surface area contributed by atoms with Crippen LogP contribution in [0.4, 0.5) is 8.78 Å². The third kappa shape index (κ3) is 5.19. The van der Waals surface area contributed by atoms with Crippen molar-refractivity contribution in [3.8, 4) is 0 Å². The first-order chi connectivity index (χ1) is 7.70. The van der Waals surface area contributed by atoms with Gasteiger partial charge in [-0.2, -0.15) is 0 Å². The number of rotatable bonds is 7. The van der Waals surface area contributed by atoms with Crippen molar-refractivity contribution in [1.82, 2.24) is 5.32 Å². The minimum absolute atomic E-state index is 0.205. The van der Waals surface area contributed by atoms with E-state index < -0.39 is 13.0 Å². The van der Waals surface area contributed by atoms with Crippen LogP contribution in [0.1, 0.15) is 18.5 Å². The van der Waals surface area contributed by atoms with E-state index in [4.69, 9.17) is 4.74 Å². The molecule has 0 bridgehead atoms. The number of halogens is 2. The number of alkyl halides is 2. The standard InChI is InChI=1S/C12H17F2NO/c1-10(11-5-3-2-4-6-11)15-7-8-16-9-12(13)14/h2-6,10,12,15H,7-9H2,1H3. The smallest absolute Gasteiger partial charge is 0.261 e. The van der Waals surface area contributed by atoms with Gasteiger partial charge in [0.1, 0.15) is 6.61 Å². The lowest BCUT2D eigenvalue weighted by Gasteiger charge is -2.14. The van der Waals surface area contributed by atoms with Crippen molar-refractivity contribution in [3.63, 3.8) is 0 Å². The Hall–Kier alpha value is -1.00. The van der Waals surface area contributed by atoms with Crippen LogP contribution in [0.15, 0.2) is 30.3 Å². The Labute approximate surface area is 94.6 Å². The van der Waals surface area contributed by atoms with Crippen LogP contribution < -0.4 is 5.32 Å². The maximum atomic E-state index is 11.7. The maximum absolute atomic E-state index is 11.7. The van der Waals surface area contributed by atoms with Crippen LogP contribution in [-0.2, 0) is 4.74 Å². The predicted octanol–water partition coefficient (Wildman–Crippen LogP) is 2.62. The summed E-state index contributed by atoms with van der Waals surface area (Å²) in [5.41, 5.74) is 1.18. The number of hydrogen-bond acceptors (Lipinski definition) is 2. The number of benzene rings is 1. The fourth-order valence-corrected chi connectivity index (χ4v) is 1.38. The van der Waals surface area contributed by atoms with E-state index in [-0.39, 0.29) is 6.04 Å². The van der Waals surface area contributed by atoms with Gasteiger partial charge in [-0.3, -0.25) is 0 Å². The fraction of sp³-hybridized carbons (Fsp3) is 0.500. The summed E-state index contributed by atoms with van der Waals surface area (Å²) in [5, 5.41) is 3.20. The van der Waals surface area contributed by atoms with Crippen molar-refractivity contribution < 1.29 is 13.5 Å². The van der Waals surface area contributed by atoms with Crippen molar-refractivity contribution in [2.24, 2.45) is 0 Å². The van der Waals surface area contributed by atoms with E-state index in [2.05, 4.69) is 5.32 Å². The van der Waals surface area contributed by atoms with E-state index in [0.29, 0.717) is 13.2 Å². The van der Waals surface area contributed by atoms with Crippen molar-refractivity contribution in [3.05, 3.63) is 35.9 Å². The zero-order valence-corrected chi connectivity index (χ0v) is 9.33. The van der Waals surface area contributed by atoms with Gasteiger partial charge in [-0.15, -0.1) is 0 Å². The lowest BCUT2D eigenvalue weighted by molar-refractivity contribution is 0.0183. The molecule has 4 heteroatoms. The van der Waals surface area contributed by atoms with Gasteiger partial charge < -0.3 is 10.1 Å². The SMILES string of the molecule is CC(NCCOCC(F)F)c1ccccc1. The highest BCUT2D eigenvalue weighted by Gasteiger charge is 2.04. The highest BCUT2D eigenvalue weighted by atomic mass is 19.3. The van der Waals surface area contributed by atoms with Gasteiger partial charge in [0.15, 0.2) is 0 Å². The second-order valence-electron chi connectivity index (χ2n) is 3.55. The highest BCUT2D eigenvalue weighted by molar-refractivity contribution is 5.17. The Morgan fingerprint density at radius 3 is 2.56 bits per heavy atom. The second kappa shape index (κ2) is 7.30. The summed E-state index contributed by atoms with van der Waals surface area (Å²) < 4.78 is 28.2. The lowest BCUT2D eigenvalue weighted by Crippen LogP contribution is -2.24. The summed E-state index contributed by atoms with van der Waals surface area (Å²) in [4.78, 5) is 0. The van der Waals surface area contributed by atoms with Crippen LogP contribution in [0, 0.1) is 0 Å². The molecule has 0 aromatic heterocycles. The molecule has 0 amide bonds. The number of ether oxygens (including phenoxy) is 1. The predicted molar refractivity (Wildman–Crippen MR) is 59.7 cm³/mol. The molecule has 0 fully saturated rings. The zero-order valence-electron chi connectivity index (χ0n) is 9.33. The van der Waals surface area contributed by atoms with Gasteiger partial charge in [0.05, 0.1) is 6.61 Å². The zero-order chi connectivity index (χ0) is 11.8. The normalized spacial score (nSPS) is 13.0. The summed E-state index contributed by atoms with van der Waals surface area (Å²) in [7, 11) is 0. The van der Waals surface area contributed by atoms with Crippen LogP contribution in [-0.4, -0.2) is 26.2 Å². The first-order valence-electron chi connectivity index (χ1n) is 5.34. The van der Waals surface area contributed by atoms with Gasteiger partial charge >= 0.3 is 0 Å². The van der Waals surface area contributed by atoms with Gasteiger partial charge in [-0.05, 0) is 12.5 Å². The molecule has 1 aromatic carbocycles. The van der Waals surface area contributed by atoms with E-state index in [1.807, 2.05) is 37.3 Å². The van der Waals surface area contributed by atoms with E-state index in [0.717, 1.165) is 0 Å². The third-order valence-corrected chi connectivity index (χ3v) is 2.24. The largest absolute Gasteiger partial charge is 0.374 e. The average Bonchev–Trinajstić information content (AvgIpc) is 2.29. The van der Waals surface area contributed by atoms with Crippen molar-refractivity contribution >= 4 is 0 Å². The average molecular weight is 229 g/mol. The van der Waals surface area contributed by atoms with E-state index in [1.54, 1.807) is 0 Å². The minimum Gasteiger partial charge on any atom is -0.374 e. The van der Waals surface area contributed by atoms with E-state index in [1.165, 1.54) is 5.56 Å². The Bertz CT molecular complexity index is 280. The van der Waals surface area contributed by atoms with Gasteiger partial charge in [-0.1, -0.05) is 30.3 Å². The Kier molecular flexibility index (Phi) is 5.96. The first kappa shape index (κ1) is 13.1. The topological polar surface area (TPSA) is 21.3 Å². The van der Waals surface area contributed by atoms with E-state index in [9.17, 15) is 8.78 Å². The lowest BCUT2D eigenvalue weighted by atomic mass is 10.1. The Morgan fingerprint density at radius 2 is 1.94 bits per heavy atom. The van der Waals surface area contributed by atoms with Gasteiger partial charge in [0, 0.05) is 12.6 Å². The van der Waals surface area contributed by atoms with Crippen LogP contribution in [0.2, 0.25) is 0 Å². The van der Waals surface area contributed by atoms with Crippen LogP contribution in [0.3, 0.4) is 0 Å². The molecule has 0 aliphatic carbocycles. The van der Waals surface area contributed by atoms with Crippen molar-refractivity contribution in [2.75, 3.05) is 19.8 Å². The van der Waals surface area contributed by atoms with Gasteiger partial charge in [0.25, 0.3) is 6.43 Å².